The van der Waals surface area contributed by atoms with Crippen molar-refractivity contribution in [2.75, 3.05) is 0 Å². The van der Waals surface area contributed by atoms with E-state index in [9.17, 15) is 0 Å². The summed E-state index contributed by atoms with van der Waals surface area (Å²) in [4.78, 5) is 0. The first-order valence-corrected chi connectivity index (χ1v) is 3.95. The van der Waals surface area contributed by atoms with Crippen LogP contribution in [0.15, 0.2) is 0 Å². The lowest BCUT2D eigenvalue weighted by Crippen LogP contribution is -2.18. The van der Waals surface area contributed by atoms with Crippen LogP contribution in [0.5, 0.6) is 0 Å². The third-order valence-electron chi connectivity index (χ3n) is 2.59. The van der Waals surface area contributed by atoms with E-state index in [0.29, 0.717) is 0 Å². The van der Waals surface area contributed by atoms with Crippen LogP contribution in [0, 0.1) is 11.3 Å². The Balaban J connectivity index is 1.99. The highest BCUT2D eigenvalue weighted by molar-refractivity contribution is 5.14. The van der Waals surface area contributed by atoms with Crippen molar-refractivity contribution < 1.29 is 4.74 Å². The molecule has 1 saturated carbocycles. The van der Waals surface area contributed by atoms with E-state index in [1.54, 1.807) is 0 Å². The fourth-order valence-corrected chi connectivity index (χ4v) is 1.87. The lowest BCUT2D eigenvalue weighted by atomic mass is 9.87. The zero-order valence-electron chi connectivity index (χ0n) is 5.97. The summed E-state index contributed by atoms with van der Waals surface area (Å²) in [5, 5.41) is 8.55. The molecule has 0 aromatic carbocycles. The van der Waals surface area contributed by atoms with E-state index in [0.717, 1.165) is 12.8 Å². The molecule has 0 bridgehead atoms. The Bertz CT molecular complexity index is 176. The Morgan fingerprint density at radius 3 is 2.50 bits per heavy atom. The van der Waals surface area contributed by atoms with E-state index in [2.05, 4.69) is 6.07 Å². The van der Waals surface area contributed by atoms with Crippen LogP contribution in [0.4, 0.5) is 0 Å². The number of ether oxygens (including phenoxy) is 1. The average molecular weight is 137 g/mol. The van der Waals surface area contributed by atoms with Gasteiger partial charge in [0.15, 0.2) is 6.10 Å². The molecule has 2 nitrogen and oxygen atoms in total. The fraction of sp³-hybridized carbons (Fsp3) is 0.875. The summed E-state index contributed by atoms with van der Waals surface area (Å²) in [7, 11) is 0. The van der Waals surface area contributed by atoms with Crippen molar-refractivity contribution in [2.24, 2.45) is 0 Å². The van der Waals surface area contributed by atoms with Crippen LogP contribution in [-0.4, -0.2) is 11.7 Å². The molecule has 2 fully saturated rings. The summed E-state index contributed by atoms with van der Waals surface area (Å²) < 4.78 is 5.33. The van der Waals surface area contributed by atoms with Crippen LogP contribution >= 0.6 is 0 Å². The molecule has 0 unspecified atom stereocenters. The topological polar surface area (TPSA) is 36.3 Å². The van der Waals surface area contributed by atoms with Crippen LogP contribution in [0.3, 0.4) is 0 Å². The van der Waals surface area contributed by atoms with Crippen molar-refractivity contribution in [3.8, 4) is 6.07 Å². The molecule has 1 aliphatic heterocycles. The molecular formula is C8H11NO. The summed E-state index contributed by atoms with van der Waals surface area (Å²) in [6, 6.07) is 2.18. The van der Waals surface area contributed by atoms with Crippen LogP contribution in [0.25, 0.3) is 0 Å². The summed E-state index contributed by atoms with van der Waals surface area (Å²) in [5.74, 6) is 0. The zero-order chi connectivity index (χ0) is 7.03. The second-order valence-electron chi connectivity index (χ2n) is 3.25. The molecule has 1 saturated heterocycles. The Morgan fingerprint density at radius 2 is 2.00 bits per heavy atom. The Labute approximate surface area is 60.8 Å². The molecule has 1 heterocycles. The molecule has 0 radical (unpaired) electrons. The number of epoxide rings is 1. The van der Waals surface area contributed by atoms with Gasteiger partial charge in [-0.05, 0) is 12.8 Å². The lowest BCUT2D eigenvalue weighted by Gasteiger charge is -2.16. The van der Waals surface area contributed by atoms with Gasteiger partial charge in [-0.15, -0.1) is 0 Å². The van der Waals surface area contributed by atoms with E-state index >= 15 is 0 Å². The van der Waals surface area contributed by atoms with Gasteiger partial charge in [0.2, 0.25) is 0 Å². The van der Waals surface area contributed by atoms with Gasteiger partial charge >= 0.3 is 0 Å². The number of hydrogen-bond donors (Lipinski definition) is 0. The summed E-state index contributed by atoms with van der Waals surface area (Å²) in [6.07, 6.45) is 5.99. The molecule has 54 valence electrons. The van der Waals surface area contributed by atoms with Gasteiger partial charge < -0.3 is 4.74 Å². The third kappa shape index (κ3) is 0.741. The van der Waals surface area contributed by atoms with E-state index in [1.165, 1.54) is 19.3 Å². The molecule has 1 spiro atoms. The first-order valence-electron chi connectivity index (χ1n) is 3.95. The molecule has 0 aromatic rings. The monoisotopic (exact) mass is 137 g/mol. The molecular weight excluding hydrogens is 126 g/mol. The molecule has 2 heteroatoms. The van der Waals surface area contributed by atoms with Crippen molar-refractivity contribution in [1.82, 2.24) is 0 Å². The van der Waals surface area contributed by atoms with E-state index in [4.69, 9.17) is 10.00 Å². The highest BCUT2D eigenvalue weighted by Crippen LogP contribution is 2.47. The molecule has 2 rings (SSSR count). The first kappa shape index (κ1) is 6.18. The van der Waals surface area contributed by atoms with Crippen LogP contribution in [-0.2, 0) is 4.74 Å². The molecule has 0 N–H and O–H groups in total. The maximum Gasteiger partial charge on any atom is 0.173 e. The number of rotatable bonds is 0. The molecule has 0 amide bonds. The maximum atomic E-state index is 8.55. The molecule has 1 atom stereocenters. The molecule has 10 heavy (non-hydrogen) atoms. The fourth-order valence-electron chi connectivity index (χ4n) is 1.87. The SMILES string of the molecule is N#C[C@H]1OC12CCCCC2. The van der Waals surface area contributed by atoms with Crippen LogP contribution < -0.4 is 0 Å². The Hall–Kier alpha value is -0.550. The van der Waals surface area contributed by atoms with Crippen molar-refractivity contribution >= 4 is 0 Å². The number of nitrogens with zero attached hydrogens (tertiary/aromatic N) is 1. The van der Waals surface area contributed by atoms with Crippen LogP contribution in [0.1, 0.15) is 32.1 Å². The van der Waals surface area contributed by atoms with Gasteiger partial charge in [-0.2, -0.15) is 5.26 Å². The summed E-state index contributed by atoms with van der Waals surface area (Å²) in [5.41, 5.74) is 0.0347. The van der Waals surface area contributed by atoms with E-state index in [-0.39, 0.29) is 11.7 Å². The van der Waals surface area contributed by atoms with E-state index < -0.39 is 0 Å². The van der Waals surface area contributed by atoms with Gasteiger partial charge in [-0.3, -0.25) is 0 Å². The first-order chi connectivity index (χ1) is 4.87. The third-order valence-corrected chi connectivity index (χ3v) is 2.59. The molecule has 2 aliphatic rings. The van der Waals surface area contributed by atoms with Gasteiger partial charge in [-0.1, -0.05) is 19.3 Å². The number of nitriles is 1. The molecule has 1 aliphatic carbocycles. The predicted octanol–water partition coefficient (Wildman–Crippen LogP) is 1.61. The minimum Gasteiger partial charge on any atom is -0.350 e. The van der Waals surface area contributed by atoms with Crippen molar-refractivity contribution in [1.29, 1.82) is 5.26 Å². The number of hydrogen-bond acceptors (Lipinski definition) is 2. The Kier molecular flexibility index (Phi) is 1.21. The van der Waals surface area contributed by atoms with Gasteiger partial charge in [0.25, 0.3) is 0 Å². The normalized spacial score (nSPS) is 35.3. The quantitative estimate of drug-likeness (QED) is 0.475. The zero-order valence-corrected chi connectivity index (χ0v) is 5.97. The second-order valence-corrected chi connectivity index (χ2v) is 3.25. The van der Waals surface area contributed by atoms with Gasteiger partial charge in [0.1, 0.15) is 5.60 Å². The van der Waals surface area contributed by atoms with Crippen molar-refractivity contribution in [3.63, 3.8) is 0 Å². The van der Waals surface area contributed by atoms with Gasteiger partial charge in [-0.25, -0.2) is 0 Å². The minimum atomic E-state index is -0.0622. The maximum absolute atomic E-state index is 8.55. The van der Waals surface area contributed by atoms with Gasteiger partial charge in [0.05, 0.1) is 6.07 Å². The highest BCUT2D eigenvalue weighted by Gasteiger charge is 2.56. The second kappa shape index (κ2) is 1.96. The van der Waals surface area contributed by atoms with Gasteiger partial charge in [0, 0.05) is 0 Å². The summed E-state index contributed by atoms with van der Waals surface area (Å²) >= 11 is 0. The Morgan fingerprint density at radius 1 is 1.30 bits per heavy atom. The van der Waals surface area contributed by atoms with E-state index in [1.807, 2.05) is 0 Å². The predicted molar refractivity (Wildman–Crippen MR) is 36.3 cm³/mol. The molecule has 0 aromatic heterocycles. The lowest BCUT2D eigenvalue weighted by molar-refractivity contribution is 0.235. The standard InChI is InChI=1S/C8H11NO/c9-6-7-8(10-7)4-2-1-3-5-8/h7H,1-5H2/t7-/m1/s1. The average Bonchev–Trinajstić information content (AvgIpc) is 2.65. The van der Waals surface area contributed by atoms with Crippen molar-refractivity contribution in [2.45, 2.75) is 43.8 Å². The minimum absolute atomic E-state index is 0.0347. The summed E-state index contributed by atoms with van der Waals surface area (Å²) in [6.45, 7) is 0. The highest BCUT2D eigenvalue weighted by atomic mass is 16.6. The van der Waals surface area contributed by atoms with Crippen LogP contribution in [0.2, 0.25) is 0 Å². The largest absolute Gasteiger partial charge is 0.350 e. The smallest absolute Gasteiger partial charge is 0.173 e. The van der Waals surface area contributed by atoms with Crippen molar-refractivity contribution in [3.05, 3.63) is 0 Å².